The van der Waals surface area contributed by atoms with Gasteiger partial charge in [-0.05, 0) is 38.1 Å². The van der Waals surface area contributed by atoms with Crippen LogP contribution in [0.4, 0.5) is 0 Å². The van der Waals surface area contributed by atoms with Gasteiger partial charge in [-0.15, -0.1) is 0 Å². The minimum absolute atomic E-state index is 0.692. The minimum Gasteiger partial charge on any atom is -0.381 e. The standard InChI is InChI=1S/C15H31NO/c1-4-7-13(8-5-2)15(16-10-6-3)14-9-11-17-12-14/h13-16H,4-12H2,1-3H3. The van der Waals surface area contributed by atoms with E-state index in [1.165, 1.54) is 38.5 Å². The number of nitrogens with one attached hydrogen (secondary N) is 1. The highest BCUT2D eigenvalue weighted by Gasteiger charge is 2.30. The highest BCUT2D eigenvalue weighted by atomic mass is 16.5. The van der Waals surface area contributed by atoms with Crippen LogP contribution in [0.15, 0.2) is 0 Å². The molecule has 0 bridgehead atoms. The SMILES string of the molecule is CCCNC(C(CCC)CCC)C1CCOC1. The van der Waals surface area contributed by atoms with Gasteiger partial charge in [-0.25, -0.2) is 0 Å². The van der Waals surface area contributed by atoms with Crippen LogP contribution < -0.4 is 5.32 Å². The summed E-state index contributed by atoms with van der Waals surface area (Å²) in [7, 11) is 0. The molecule has 2 atom stereocenters. The van der Waals surface area contributed by atoms with Gasteiger partial charge in [-0.3, -0.25) is 0 Å². The van der Waals surface area contributed by atoms with Crippen LogP contribution in [0.1, 0.15) is 59.3 Å². The third-order valence-corrected chi connectivity index (χ3v) is 3.93. The Kier molecular flexibility index (Phi) is 7.87. The summed E-state index contributed by atoms with van der Waals surface area (Å²) < 4.78 is 5.58. The Morgan fingerprint density at radius 2 is 1.82 bits per heavy atom. The summed E-state index contributed by atoms with van der Waals surface area (Å²) in [6.07, 6.45) is 7.84. The first kappa shape index (κ1) is 15.0. The molecule has 0 aromatic carbocycles. The molecule has 17 heavy (non-hydrogen) atoms. The van der Waals surface area contributed by atoms with Gasteiger partial charge in [0.25, 0.3) is 0 Å². The lowest BCUT2D eigenvalue weighted by atomic mass is 9.82. The molecule has 1 rings (SSSR count). The van der Waals surface area contributed by atoms with Gasteiger partial charge < -0.3 is 10.1 Å². The first-order valence-corrected chi connectivity index (χ1v) is 7.64. The summed E-state index contributed by atoms with van der Waals surface area (Å²) in [4.78, 5) is 0. The number of ether oxygens (including phenoxy) is 1. The molecule has 1 saturated heterocycles. The van der Waals surface area contributed by atoms with E-state index in [4.69, 9.17) is 4.74 Å². The van der Waals surface area contributed by atoms with E-state index < -0.39 is 0 Å². The van der Waals surface area contributed by atoms with E-state index in [1.54, 1.807) is 0 Å². The number of rotatable bonds is 9. The normalized spacial score (nSPS) is 22.2. The average Bonchev–Trinajstić information content (AvgIpc) is 2.84. The third kappa shape index (κ3) is 4.97. The van der Waals surface area contributed by atoms with Crippen molar-refractivity contribution < 1.29 is 4.74 Å². The summed E-state index contributed by atoms with van der Waals surface area (Å²) in [6.45, 7) is 9.98. The van der Waals surface area contributed by atoms with Gasteiger partial charge in [0.15, 0.2) is 0 Å². The monoisotopic (exact) mass is 241 g/mol. The van der Waals surface area contributed by atoms with Crippen molar-refractivity contribution in [3.8, 4) is 0 Å². The highest BCUT2D eigenvalue weighted by molar-refractivity contribution is 4.85. The van der Waals surface area contributed by atoms with Gasteiger partial charge in [-0.2, -0.15) is 0 Å². The van der Waals surface area contributed by atoms with Crippen LogP contribution in [0.3, 0.4) is 0 Å². The molecule has 0 saturated carbocycles. The molecule has 0 spiro atoms. The van der Waals surface area contributed by atoms with Crippen molar-refractivity contribution >= 4 is 0 Å². The zero-order valence-corrected chi connectivity index (χ0v) is 12.0. The summed E-state index contributed by atoms with van der Waals surface area (Å²) in [5.41, 5.74) is 0. The molecule has 1 aliphatic heterocycles. The molecule has 0 aliphatic carbocycles. The fourth-order valence-electron chi connectivity index (χ4n) is 3.11. The van der Waals surface area contributed by atoms with Crippen LogP contribution in [0, 0.1) is 11.8 Å². The van der Waals surface area contributed by atoms with E-state index in [-0.39, 0.29) is 0 Å². The number of hydrogen-bond acceptors (Lipinski definition) is 2. The lowest BCUT2D eigenvalue weighted by molar-refractivity contribution is 0.159. The molecule has 1 aliphatic rings. The summed E-state index contributed by atoms with van der Waals surface area (Å²) >= 11 is 0. The number of hydrogen-bond donors (Lipinski definition) is 1. The van der Waals surface area contributed by atoms with Crippen molar-refractivity contribution in [2.45, 2.75) is 65.3 Å². The van der Waals surface area contributed by atoms with E-state index in [9.17, 15) is 0 Å². The second-order valence-electron chi connectivity index (χ2n) is 5.44. The van der Waals surface area contributed by atoms with Crippen molar-refractivity contribution in [1.82, 2.24) is 5.32 Å². The zero-order valence-electron chi connectivity index (χ0n) is 12.0. The van der Waals surface area contributed by atoms with E-state index in [0.29, 0.717) is 6.04 Å². The Morgan fingerprint density at radius 1 is 1.12 bits per heavy atom. The Morgan fingerprint density at radius 3 is 2.29 bits per heavy atom. The molecule has 1 fully saturated rings. The second kappa shape index (κ2) is 8.93. The highest BCUT2D eigenvalue weighted by Crippen LogP contribution is 2.28. The van der Waals surface area contributed by atoms with Gasteiger partial charge >= 0.3 is 0 Å². The maximum absolute atomic E-state index is 5.58. The van der Waals surface area contributed by atoms with E-state index >= 15 is 0 Å². The quantitative estimate of drug-likeness (QED) is 0.666. The lowest BCUT2D eigenvalue weighted by Gasteiger charge is -2.32. The van der Waals surface area contributed by atoms with Crippen molar-refractivity contribution in [3.63, 3.8) is 0 Å². The van der Waals surface area contributed by atoms with Gasteiger partial charge in [0.2, 0.25) is 0 Å². The fourth-order valence-corrected chi connectivity index (χ4v) is 3.11. The van der Waals surface area contributed by atoms with Crippen molar-refractivity contribution in [1.29, 1.82) is 0 Å². The van der Waals surface area contributed by atoms with Crippen LogP contribution in [-0.4, -0.2) is 25.8 Å². The molecule has 102 valence electrons. The summed E-state index contributed by atoms with van der Waals surface area (Å²) in [6, 6.07) is 0.692. The second-order valence-corrected chi connectivity index (χ2v) is 5.44. The smallest absolute Gasteiger partial charge is 0.0510 e. The van der Waals surface area contributed by atoms with Gasteiger partial charge in [0.1, 0.15) is 0 Å². The van der Waals surface area contributed by atoms with Gasteiger partial charge in [0, 0.05) is 18.6 Å². The third-order valence-electron chi connectivity index (χ3n) is 3.93. The fraction of sp³-hybridized carbons (Fsp3) is 1.00. The molecular weight excluding hydrogens is 210 g/mol. The van der Waals surface area contributed by atoms with E-state index in [2.05, 4.69) is 26.1 Å². The lowest BCUT2D eigenvalue weighted by Crippen LogP contribution is -2.43. The van der Waals surface area contributed by atoms with Crippen LogP contribution in [0.25, 0.3) is 0 Å². The Balaban J connectivity index is 2.55. The molecular formula is C15H31NO. The van der Waals surface area contributed by atoms with Crippen molar-refractivity contribution in [3.05, 3.63) is 0 Å². The van der Waals surface area contributed by atoms with Gasteiger partial charge in [0.05, 0.1) is 6.61 Å². The Hall–Kier alpha value is -0.0800. The first-order valence-electron chi connectivity index (χ1n) is 7.64. The van der Waals surface area contributed by atoms with E-state index in [1.807, 2.05) is 0 Å². The molecule has 2 nitrogen and oxygen atoms in total. The largest absolute Gasteiger partial charge is 0.381 e. The maximum Gasteiger partial charge on any atom is 0.0510 e. The van der Waals surface area contributed by atoms with Crippen LogP contribution in [0.2, 0.25) is 0 Å². The topological polar surface area (TPSA) is 21.3 Å². The molecule has 2 unspecified atom stereocenters. The Labute approximate surface area is 108 Å². The predicted octanol–water partition coefficient (Wildman–Crippen LogP) is 3.61. The Bertz CT molecular complexity index is 172. The first-order chi connectivity index (χ1) is 8.33. The zero-order chi connectivity index (χ0) is 12.5. The van der Waals surface area contributed by atoms with Crippen LogP contribution in [0.5, 0.6) is 0 Å². The van der Waals surface area contributed by atoms with Crippen LogP contribution >= 0.6 is 0 Å². The molecule has 0 aromatic heterocycles. The predicted molar refractivity (Wildman–Crippen MR) is 74.3 cm³/mol. The van der Waals surface area contributed by atoms with E-state index in [0.717, 1.165) is 31.6 Å². The summed E-state index contributed by atoms with van der Waals surface area (Å²) in [5, 5.41) is 3.80. The van der Waals surface area contributed by atoms with Crippen LogP contribution in [-0.2, 0) is 4.74 Å². The molecule has 2 heteroatoms. The molecule has 1 heterocycles. The van der Waals surface area contributed by atoms with Crippen molar-refractivity contribution in [2.24, 2.45) is 11.8 Å². The minimum atomic E-state index is 0.692. The van der Waals surface area contributed by atoms with Crippen molar-refractivity contribution in [2.75, 3.05) is 19.8 Å². The maximum atomic E-state index is 5.58. The molecule has 1 N–H and O–H groups in total. The molecule has 0 radical (unpaired) electrons. The summed E-state index contributed by atoms with van der Waals surface area (Å²) in [5.74, 6) is 1.60. The molecule has 0 aromatic rings. The van der Waals surface area contributed by atoms with Gasteiger partial charge in [-0.1, -0.05) is 33.6 Å². The average molecular weight is 241 g/mol. The molecule has 0 amide bonds.